The number of nitrogens with one attached hydrogen (secondary N) is 1. The summed E-state index contributed by atoms with van der Waals surface area (Å²) in [6.07, 6.45) is 0. The summed E-state index contributed by atoms with van der Waals surface area (Å²) < 4.78 is 13.6. The molecule has 3 nitrogen and oxygen atoms in total. The number of aromatic nitrogens is 1. The first-order valence-corrected chi connectivity index (χ1v) is 8.22. The number of hydrogen-bond donors (Lipinski definition) is 1. The quantitative estimate of drug-likeness (QED) is 0.823. The largest absolute Gasteiger partial charge is 0.346 e. The Hall–Kier alpha value is -1.13. The zero-order valence-corrected chi connectivity index (χ0v) is 12.7. The second-order valence-electron chi connectivity index (χ2n) is 4.76. The van der Waals surface area contributed by atoms with Crippen LogP contribution < -0.4 is 5.32 Å². The van der Waals surface area contributed by atoms with Crippen LogP contribution in [0.3, 0.4) is 0 Å². The van der Waals surface area contributed by atoms with Crippen LogP contribution in [-0.2, 0) is 24.4 Å². The van der Waals surface area contributed by atoms with E-state index in [-0.39, 0.29) is 0 Å². The standard InChI is InChI=1S/C15H22N2OS/c1-4-19(18)10-9-16-11-15-12(2)13-7-5-6-8-14(13)17(15)3/h5-8,16H,4,9-11H2,1-3H3. The molecule has 1 heterocycles. The minimum Gasteiger partial charge on any atom is -0.346 e. The van der Waals surface area contributed by atoms with Crippen LogP contribution in [0.1, 0.15) is 18.2 Å². The normalized spacial score (nSPS) is 13.0. The molecular weight excluding hydrogens is 256 g/mol. The van der Waals surface area contributed by atoms with Crippen LogP contribution in [0.2, 0.25) is 0 Å². The van der Waals surface area contributed by atoms with E-state index in [1.54, 1.807) is 0 Å². The van der Waals surface area contributed by atoms with Crippen molar-refractivity contribution in [2.45, 2.75) is 20.4 Å². The summed E-state index contributed by atoms with van der Waals surface area (Å²) >= 11 is 0. The zero-order valence-electron chi connectivity index (χ0n) is 11.9. The number of aryl methyl sites for hydroxylation is 2. The summed E-state index contributed by atoms with van der Waals surface area (Å²) in [5, 5.41) is 4.71. The Balaban J connectivity index is 2.07. The molecule has 0 saturated carbocycles. The molecule has 0 fully saturated rings. The summed E-state index contributed by atoms with van der Waals surface area (Å²) in [5.41, 5.74) is 3.92. The second-order valence-corrected chi connectivity index (χ2v) is 6.62. The van der Waals surface area contributed by atoms with Gasteiger partial charge in [-0.2, -0.15) is 0 Å². The first kappa shape index (κ1) is 14.3. The second kappa shape index (κ2) is 6.35. The van der Waals surface area contributed by atoms with E-state index in [2.05, 4.69) is 48.1 Å². The maximum Gasteiger partial charge on any atom is 0.0483 e. The van der Waals surface area contributed by atoms with Gasteiger partial charge in [0.25, 0.3) is 0 Å². The summed E-state index contributed by atoms with van der Waals surface area (Å²) in [4.78, 5) is 0. The van der Waals surface area contributed by atoms with Gasteiger partial charge in [-0.15, -0.1) is 0 Å². The molecule has 1 N–H and O–H groups in total. The van der Waals surface area contributed by atoms with E-state index in [9.17, 15) is 4.21 Å². The first-order valence-electron chi connectivity index (χ1n) is 6.73. The number of benzene rings is 1. The highest BCUT2D eigenvalue weighted by Crippen LogP contribution is 2.24. The molecule has 2 aromatic rings. The van der Waals surface area contributed by atoms with Gasteiger partial charge in [-0.25, -0.2) is 0 Å². The highest BCUT2D eigenvalue weighted by Gasteiger charge is 2.10. The minimum absolute atomic E-state index is 0.680. The molecule has 2 rings (SSSR count). The molecule has 0 spiro atoms. The molecular formula is C15H22N2OS. The lowest BCUT2D eigenvalue weighted by molar-refractivity contribution is 0.663. The van der Waals surface area contributed by atoms with E-state index < -0.39 is 10.8 Å². The van der Waals surface area contributed by atoms with Crippen LogP contribution in [0, 0.1) is 6.92 Å². The number of nitrogens with zero attached hydrogens (tertiary/aromatic N) is 1. The van der Waals surface area contributed by atoms with Gasteiger partial charge in [-0.05, 0) is 18.6 Å². The molecule has 1 aromatic heterocycles. The van der Waals surface area contributed by atoms with Crippen molar-refractivity contribution in [1.29, 1.82) is 0 Å². The fourth-order valence-corrected chi connectivity index (χ4v) is 3.08. The predicted molar refractivity (Wildman–Crippen MR) is 82.9 cm³/mol. The third-order valence-corrected chi connectivity index (χ3v) is 4.93. The summed E-state index contributed by atoms with van der Waals surface area (Å²) in [6.45, 7) is 5.77. The monoisotopic (exact) mass is 278 g/mol. The zero-order chi connectivity index (χ0) is 13.8. The van der Waals surface area contributed by atoms with E-state index in [1.807, 2.05) is 6.92 Å². The lowest BCUT2D eigenvalue weighted by Crippen LogP contribution is -2.22. The Morgan fingerprint density at radius 3 is 2.74 bits per heavy atom. The van der Waals surface area contributed by atoms with Gasteiger partial charge in [0, 0.05) is 59.0 Å². The number of rotatable bonds is 6. The SMILES string of the molecule is CCS(=O)CCNCc1c(C)c2ccccc2n1C. The average Bonchev–Trinajstić information content (AvgIpc) is 2.68. The molecule has 19 heavy (non-hydrogen) atoms. The van der Waals surface area contributed by atoms with Crippen LogP contribution >= 0.6 is 0 Å². The maximum atomic E-state index is 11.4. The smallest absolute Gasteiger partial charge is 0.0483 e. The van der Waals surface area contributed by atoms with E-state index in [0.717, 1.165) is 24.6 Å². The van der Waals surface area contributed by atoms with E-state index in [4.69, 9.17) is 0 Å². The maximum absolute atomic E-state index is 11.4. The number of hydrogen-bond acceptors (Lipinski definition) is 2. The van der Waals surface area contributed by atoms with Gasteiger partial charge in [0.2, 0.25) is 0 Å². The molecule has 4 heteroatoms. The molecule has 0 aliphatic carbocycles. The van der Waals surface area contributed by atoms with Crippen molar-refractivity contribution >= 4 is 21.7 Å². The lowest BCUT2D eigenvalue weighted by atomic mass is 10.1. The van der Waals surface area contributed by atoms with Gasteiger partial charge >= 0.3 is 0 Å². The van der Waals surface area contributed by atoms with Crippen LogP contribution in [0.15, 0.2) is 24.3 Å². The third-order valence-electron chi connectivity index (χ3n) is 3.63. The van der Waals surface area contributed by atoms with Crippen molar-refractivity contribution < 1.29 is 4.21 Å². The molecule has 1 atom stereocenters. The molecule has 1 aromatic carbocycles. The van der Waals surface area contributed by atoms with Gasteiger partial charge in [0.05, 0.1) is 0 Å². The Morgan fingerprint density at radius 1 is 1.32 bits per heavy atom. The Labute approximate surface area is 117 Å². The summed E-state index contributed by atoms with van der Waals surface area (Å²) in [7, 11) is 1.43. The van der Waals surface area contributed by atoms with E-state index in [1.165, 1.54) is 22.2 Å². The summed E-state index contributed by atoms with van der Waals surface area (Å²) in [5.74, 6) is 1.48. The van der Waals surface area contributed by atoms with Crippen molar-refractivity contribution in [3.8, 4) is 0 Å². The van der Waals surface area contributed by atoms with Crippen molar-refractivity contribution in [3.05, 3.63) is 35.5 Å². The fourth-order valence-electron chi connectivity index (χ4n) is 2.42. The van der Waals surface area contributed by atoms with Crippen molar-refractivity contribution in [2.75, 3.05) is 18.1 Å². The lowest BCUT2D eigenvalue weighted by Gasteiger charge is -2.07. The van der Waals surface area contributed by atoms with Crippen molar-refractivity contribution in [3.63, 3.8) is 0 Å². The van der Waals surface area contributed by atoms with Gasteiger partial charge in [0.1, 0.15) is 0 Å². The topological polar surface area (TPSA) is 34.0 Å². The Bertz CT molecular complexity index is 550. The van der Waals surface area contributed by atoms with Gasteiger partial charge < -0.3 is 9.88 Å². The highest BCUT2D eigenvalue weighted by molar-refractivity contribution is 7.84. The van der Waals surface area contributed by atoms with E-state index >= 15 is 0 Å². The highest BCUT2D eigenvalue weighted by atomic mass is 32.2. The van der Waals surface area contributed by atoms with Gasteiger partial charge in [0.15, 0.2) is 0 Å². The molecule has 104 valence electrons. The van der Waals surface area contributed by atoms with Crippen molar-refractivity contribution in [1.82, 2.24) is 9.88 Å². The van der Waals surface area contributed by atoms with Gasteiger partial charge in [-0.3, -0.25) is 4.21 Å². The first-order chi connectivity index (χ1) is 9.15. The Kier molecular flexibility index (Phi) is 4.77. The Morgan fingerprint density at radius 2 is 2.05 bits per heavy atom. The minimum atomic E-state index is -0.680. The van der Waals surface area contributed by atoms with Crippen molar-refractivity contribution in [2.24, 2.45) is 7.05 Å². The van der Waals surface area contributed by atoms with E-state index in [0.29, 0.717) is 0 Å². The third kappa shape index (κ3) is 3.07. The molecule has 0 amide bonds. The molecule has 0 radical (unpaired) electrons. The van der Waals surface area contributed by atoms with Crippen LogP contribution in [0.25, 0.3) is 10.9 Å². The summed E-state index contributed by atoms with van der Waals surface area (Å²) in [6, 6.07) is 8.47. The predicted octanol–water partition coefficient (Wildman–Crippen LogP) is 2.34. The molecule has 1 unspecified atom stereocenters. The fraction of sp³-hybridized carbons (Fsp3) is 0.467. The molecule has 0 saturated heterocycles. The molecule has 0 bridgehead atoms. The number of para-hydroxylation sites is 1. The van der Waals surface area contributed by atoms with Gasteiger partial charge in [-0.1, -0.05) is 25.1 Å². The van der Waals surface area contributed by atoms with Crippen LogP contribution in [0.4, 0.5) is 0 Å². The number of fused-ring (bicyclic) bond motifs is 1. The van der Waals surface area contributed by atoms with Crippen LogP contribution in [0.5, 0.6) is 0 Å². The van der Waals surface area contributed by atoms with Crippen LogP contribution in [-0.4, -0.2) is 26.8 Å². The molecule has 0 aliphatic heterocycles. The molecule has 0 aliphatic rings. The average molecular weight is 278 g/mol.